The van der Waals surface area contributed by atoms with Crippen LogP contribution in [0.3, 0.4) is 0 Å². The van der Waals surface area contributed by atoms with E-state index in [2.05, 4.69) is 20.3 Å². The van der Waals surface area contributed by atoms with Gasteiger partial charge in [0.05, 0.1) is 29.9 Å². The molecule has 4 heterocycles. The predicted molar refractivity (Wildman–Crippen MR) is 117 cm³/mol. The van der Waals surface area contributed by atoms with Gasteiger partial charge in [0.1, 0.15) is 17.2 Å². The quantitative estimate of drug-likeness (QED) is 0.587. The van der Waals surface area contributed by atoms with Gasteiger partial charge >= 0.3 is 5.97 Å². The van der Waals surface area contributed by atoms with Crippen molar-refractivity contribution < 1.29 is 19.4 Å². The van der Waals surface area contributed by atoms with Gasteiger partial charge in [0.2, 0.25) is 5.88 Å². The summed E-state index contributed by atoms with van der Waals surface area (Å²) in [5.41, 5.74) is 1.25. The van der Waals surface area contributed by atoms with Crippen LogP contribution in [0.15, 0.2) is 30.6 Å². The lowest BCUT2D eigenvalue weighted by Gasteiger charge is -2.36. The summed E-state index contributed by atoms with van der Waals surface area (Å²) in [4.78, 5) is 25.8. The Bertz CT molecular complexity index is 1160. The minimum absolute atomic E-state index is 0.0619. The van der Waals surface area contributed by atoms with Crippen LogP contribution in [0.4, 0.5) is 11.6 Å². The van der Waals surface area contributed by atoms with Crippen LogP contribution in [0.1, 0.15) is 67.8 Å². The summed E-state index contributed by atoms with van der Waals surface area (Å²) in [5, 5.41) is 15.2. The summed E-state index contributed by atoms with van der Waals surface area (Å²) in [6.45, 7) is 7.67. The number of hydrogen-bond acceptors (Lipinski definition) is 8. The maximum atomic E-state index is 12.3. The second-order valence-corrected chi connectivity index (χ2v) is 8.23. The van der Waals surface area contributed by atoms with Crippen molar-refractivity contribution in [1.29, 1.82) is 0 Å². The van der Waals surface area contributed by atoms with E-state index >= 15 is 0 Å². The van der Waals surface area contributed by atoms with Crippen molar-refractivity contribution in [2.75, 3.05) is 12.4 Å². The summed E-state index contributed by atoms with van der Waals surface area (Å²) in [6.07, 6.45) is 3.21. The van der Waals surface area contributed by atoms with Gasteiger partial charge in [-0.3, -0.25) is 0 Å². The standard InChI is InChI=1S/C23H26N4O4/c1-6-17(28)15-10-25-21(30-5)16-11-24-19(9-14(15)16)26-18-8-7-13-20(27-18)12(2)23(3,4)31-22(13)29/h7-12,17,28H,6H2,1-5H3,(H,24,26,27)/t12-,17+/m1/s1. The summed E-state index contributed by atoms with van der Waals surface area (Å²) in [7, 11) is 1.55. The number of carbonyl (C=O) groups excluding carboxylic acids is 1. The predicted octanol–water partition coefficient (Wildman–Crippen LogP) is 4.27. The van der Waals surface area contributed by atoms with Crippen LogP contribution in [-0.4, -0.2) is 38.7 Å². The van der Waals surface area contributed by atoms with Gasteiger partial charge in [0.15, 0.2) is 0 Å². The molecule has 0 amide bonds. The highest BCUT2D eigenvalue weighted by Crippen LogP contribution is 2.38. The van der Waals surface area contributed by atoms with Crippen molar-refractivity contribution in [3.63, 3.8) is 0 Å². The third kappa shape index (κ3) is 3.67. The van der Waals surface area contributed by atoms with E-state index in [0.29, 0.717) is 40.8 Å². The molecule has 0 aromatic carbocycles. The number of aliphatic hydroxyl groups is 1. The maximum absolute atomic E-state index is 12.3. The molecule has 1 aliphatic heterocycles. The topological polar surface area (TPSA) is 106 Å². The number of cyclic esters (lactones) is 1. The first-order valence-electron chi connectivity index (χ1n) is 10.3. The molecule has 2 N–H and O–H groups in total. The molecular weight excluding hydrogens is 396 g/mol. The van der Waals surface area contributed by atoms with E-state index in [9.17, 15) is 9.90 Å². The van der Waals surface area contributed by atoms with Crippen molar-refractivity contribution in [3.05, 3.63) is 47.4 Å². The van der Waals surface area contributed by atoms with E-state index < -0.39 is 11.7 Å². The Kier molecular flexibility index (Phi) is 5.26. The Balaban J connectivity index is 1.74. The molecule has 0 aliphatic carbocycles. The summed E-state index contributed by atoms with van der Waals surface area (Å²) in [5.74, 6) is 1.15. The van der Waals surface area contributed by atoms with Gasteiger partial charge in [-0.15, -0.1) is 0 Å². The molecule has 162 valence electrons. The number of esters is 1. The number of pyridine rings is 3. The molecule has 0 unspecified atom stereocenters. The van der Waals surface area contributed by atoms with Gasteiger partial charge in [-0.2, -0.15) is 0 Å². The third-order valence-corrected chi connectivity index (χ3v) is 5.91. The number of rotatable bonds is 5. The number of fused-ring (bicyclic) bond motifs is 2. The molecule has 1 aliphatic rings. The molecule has 3 aromatic rings. The Morgan fingerprint density at radius 3 is 2.71 bits per heavy atom. The normalized spacial score (nSPS) is 18.3. The van der Waals surface area contributed by atoms with Crippen molar-refractivity contribution in [2.45, 2.75) is 51.7 Å². The van der Waals surface area contributed by atoms with Crippen LogP contribution in [0.25, 0.3) is 10.8 Å². The van der Waals surface area contributed by atoms with Gasteiger partial charge in [-0.1, -0.05) is 13.8 Å². The SMILES string of the molecule is CC[C@H](O)c1cnc(OC)c2cnc(Nc3ccc4c(n3)[C@@H](C)C(C)(C)OC4=O)cc12. The number of hydrogen-bond donors (Lipinski definition) is 2. The molecule has 0 fully saturated rings. The lowest BCUT2D eigenvalue weighted by Crippen LogP contribution is -2.39. The van der Waals surface area contributed by atoms with Gasteiger partial charge in [-0.25, -0.2) is 19.7 Å². The molecule has 3 aromatic heterocycles. The molecule has 0 radical (unpaired) electrons. The molecule has 0 spiro atoms. The number of carbonyl (C=O) groups is 1. The van der Waals surface area contributed by atoms with E-state index in [1.54, 1.807) is 31.6 Å². The van der Waals surface area contributed by atoms with Crippen molar-refractivity contribution in [2.24, 2.45) is 0 Å². The van der Waals surface area contributed by atoms with Gasteiger partial charge < -0.3 is 19.9 Å². The van der Waals surface area contributed by atoms with E-state index in [1.807, 2.05) is 33.8 Å². The fourth-order valence-electron chi connectivity index (χ4n) is 3.74. The highest BCUT2D eigenvalue weighted by atomic mass is 16.6. The Labute approximate surface area is 180 Å². The molecule has 4 rings (SSSR count). The molecule has 0 bridgehead atoms. The number of anilines is 2. The lowest BCUT2D eigenvalue weighted by atomic mass is 9.84. The number of ether oxygens (including phenoxy) is 2. The Hall–Kier alpha value is -3.26. The molecule has 31 heavy (non-hydrogen) atoms. The first kappa shape index (κ1) is 21.0. The molecule has 0 saturated heterocycles. The number of aromatic nitrogens is 3. The smallest absolute Gasteiger partial charge is 0.340 e. The Morgan fingerprint density at radius 1 is 1.23 bits per heavy atom. The molecule has 0 saturated carbocycles. The Morgan fingerprint density at radius 2 is 2.00 bits per heavy atom. The van der Waals surface area contributed by atoms with Crippen LogP contribution in [0, 0.1) is 0 Å². The van der Waals surface area contributed by atoms with E-state index in [0.717, 1.165) is 10.8 Å². The third-order valence-electron chi connectivity index (χ3n) is 5.91. The average Bonchev–Trinajstić information content (AvgIpc) is 2.75. The molecule has 8 heteroatoms. The first-order valence-corrected chi connectivity index (χ1v) is 10.3. The van der Waals surface area contributed by atoms with Crippen molar-refractivity contribution >= 4 is 28.4 Å². The summed E-state index contributed by atoms with van der Waals surface area (Å²) >= 11 is 0. The highest BCUT2D eigenvalue weighted by molar-refractivity contribution is 5.93. The zero-order chi connectivity index (χ0) is 22.3. The zero-order valence-electron chi connectivity index (χ0n) is 18.3. The van der Waals surface area contributed by atoms with Crippen molar-refractivity contribution in [3.8, 4) is 5.88 Å². The van der Waals surface area contributed by atoms with Gasteiger partial charge in [0, 0.05) is 23.9 Å². The maximum Gasteiger partial charge on any atom is 0.340 e. The molecule has 2 atom stereocenters. The van der Waals surface area contributed by atoms with Gasteiger partial charge in [0.25, 0.3) is 0 Å². The van der Waals surface area contributed by atoms with E-state index in [1.165, 1.54) is 0 Å². The highest BCUT2D eigenvalue weighted by Gasteiger charge is 2.40. The summed E-state index contributed by atoms with van der Waals surface area (Å²) in [6, 6.07) is 5.29. The van der Waals surface area contributed by atoms with Crippen molar-refractivity contribution in [1.82, 2.24) is 15.0 Å². The molecular formula is C23H26N4O4. The van der Waals surface area contributed by atoms with E-state index in [-0.39, 0.29) is 11.9 Å². The van der Waals surface area contributed by atoms with Crippen LogP contribution in [-0.2, 0) is 4.74 Å². The fourth-order valence-corrected chi connectivity index (χ4v) is 3.74. The monoisotopic (exact) mass is 422 g/mol. The fraction of sp³-hybridized carbons (Fsp3) is 0.391. The minimum atomic E-state index is -0.646. The van der Waals surface area contributed by atoms with Gasteiger partial charge in [-0.05, 0) is 43.9 Å². The number of nitrogens with one attached hydrogen (secondary N) is 1. The molecule has 8 nitrogen and oxygen atoms in total. The van der Waals surface area contributed by atoms with Crippen LogP contribution in [0.5, 0.6) is 5.88 Å². The largest absolute Gasteiger partial charge is 0.481 e. The second kappa shape index (κ2) is 7.77. The number of aliphatic hydroxyl groups excluding tert-OH is 1. The van der Waals surface area contributed by atoms with Crippen LogP contribution < -0.4 is 10.1 Å². The van der Waals surface area contributed by atoms with Crippen LogP contribution in [0.2, 0.25) is 0 Å². The number of nitrogens with zero attached hydrogens (tertiary/aromatic N) is 3. The van der Waals surface area contributed by atoms with Crippen LogP contribution >= 0.6 is 0 Å². The average molecular weight is 422 g/mol. The minimum Gasteiger partial charge on any atom is -0.481 e. The number of methoxy groups -OCH3 is 1. The lowest BCUT2D eigenvalue weighted by molar-refractivity contribution is -0.0189. The second-order valence-electron chi connectivity index (χ2n) is 8.23. The van der Waals surface area contributed by atoms with E-state index in [4.69, 9.17) is 9.47 Å². The zero-order valence-corrected chi connectivity index (χ0v) is 18.3. The summed E-state index contributed by atoms with van der Waals surface area (Å²) < 4.78 is 10.9. The first-order chi connectivity index (χ1) is 14.7.